The second kappa shape index (κ2) is 6.10. The van der Waals surface area contributed by atoms with Gasteiger partial charge >= 0.3 is 12.4 Å². The fourth-order valence-corrected chi connectivity index (χ4v) is 2.57. The van der Waals surface area contributed by atoms with Crippen LogP contribution in [-0.2, 0) is 6.18 Å². The van der Waals surface area contributed by atoms with Crippen LogP contribution in [0.25, 0.3) is 16.9 Å². The van der Waals surface area contributed by atoms with E-state index in [0.717, 1.165) is 11.3 Å². The highest BCUT2D eigenvalue weighted by Gasteiger charge is 2.38. The predicted octanol–water partition coefficient (Wildman–Crippen LogP) is 4.37. The van der Waals surface area contributed by atoms with Gasteiger partial charge in [-0.05, 0) is 25.5 Å². The van der Waals surface area contributed by atoms with Crippen molar-refractivity contribution in [3.05, 3.63) is 41.6 Å². The minimum absolute atomic E-state index is 0.0281. The van der Waals surface area contributed by atoms with Crippen LogP contribution in [0.5, 0.6) is 0 Å². The molecule has 0 aliphatic carbocycles. The molecule has 0 aliphatic heterocycles. The molecule has 3 heterocycles. The lowest BCUT2D eigenvalue weighted by molar-refractivity contribution is -0.147. The molecule has 1 atom stereocenters. The number of nitrogens with zero attached hydrogens (tertiary/aromatic N) is 4. The van der Waals surface area contributed by atoms with Crippen molar-refractivity contribution in [1.29, 1.82) is 0 Å². The van der Waals surface area contributed by atoms with Gasteiger partial charge in [-0.15, -0.1) is 0 Å². The molecule has 27 heavy (non-hydrogen) atoms. The first kappa shape index (κ1) is 18.9. The summed E-state index contributed by atoms with van der Waals surface area (Å²) < 4.78 is 79.1. The van der Waals surface area contributed by atoms with Crippen molar-refractivity contribution in [2.45, 2.75) is 32.1 Å². The summed E-state index contributed by atoms with van der Waals surface area (Å²) in [6.45, 7) is 2.54. The molecule has 1 unspecified atom stereocenters. The summed E-state index contributed by atoms with van der Waals surface area (Å²) in [6.07, 6.45) is -6.07. The standard InChI is InChI=1S/C16H13F6N5/c1-7-4-24-10(8(2)15(17,18)19)3-9(7)11-5-25-14-13(23)26-12(6-27(11)14)16(20,21)22/h3-6,8H,1-2H3,(H2,23,26). The number of hydrogen-bond acceptors (Lipinski definition) is 4. The van der Waals surface area contributed by atoms with Gasteiger partial charge in [0.05, 0.1) is 23.5 Å². The molecule has 0 fully saturated rings. The third kappa shape index (κ3) is 3.40. The molecule has 2 N–H and O–H groups in total. The molecule has 11 heteroatoms. The van der Waals surface area contributed by atoms with Crippen LogP contribution in [0.3, 0.4) is 0 Å². The number of hydrogen-bond donors (Lipinski definition) is 1. The van der Waals surface area contributed by atoms with Gasteiger partial charge in [0.25, 0.3) is 0 Å². The van der Waals surface area contributed by atoms with Crippen LogP contribution in [-0.4, -0.2) is 25.5 Å². The van der Waals surface area contributed by atoms with Gasteiger partial charge in [0.1, 0.15) is 0 Å². The summed E-state index contributed by atoms with van der Waals surface area (Å²) >= 11 is 0. The average Bonchev–Trinajstić information content (AvgIpc) is 2.97. The number of nitrogen functional groups attached to an aromatic ring is 1. The summed E-state index contributed by atoms with van der Waals surface area (Å²) in [7, 11) is 0. The van der Waals surface area contributed by atoms with E-state index in [1.54, 1.807) is 6.92 Å². The van der Waals surface area contributed by atoms with Gasteiger partial charge in [-0.3, -0.25) is 9.38 Å². The van der Waals surface area contributed by atoms with E-state index < -0.39 is 29.8 Å². The number of imidazole rings is 1. The van der Waals surface area contributed by atoms with E-state index in [2.05, 4.69) is 15.0 Å². The van der Waals surface area contributed by atoms with Crippen molar-refractivity contribution >= 4 is 11.5 Å². The number of fused-ring (bicyclic) bond motifs is 1. The number of pyridine rings is 1. The van der Waals surface area contributed by atoms with Crippen molar-refractivity contribution in [3.63, 3.8) is 0 Å². The van der Waals surface area contributed by atoms with Gasteiger partial charge in [0.2, 0.25) is 0 Å². The zero-order valence-corrected chi connectivity index (χ0v) is 14.0. The monoisotopic (exact) mass is 389 g/mol. The Balaban J connectivity index is 2.22. The minimum atomic E-state index is -4.74. The number of nitrogens with two attached hydrogens (primary N) is 1. The smallest absolute Gasteiger partial charge is 0.381 e. The Hall–Kier alpha value is -2.85. The molecular formula is C16H13F6N5. The first-order valence-electron chi connectivity index (χ1n) is 7.64. The summed E-state index contributed by atoms with van der Waals surface area (Å²) in [5.41, 5.74) is 4.94. The van der Waals surface area contributed by atoms with E-state index in [1.807, 2.05) is 0 Å². The van der Waals surface area contributed by atoms with Gasteiger partial charge in [-0.25, -0.2) is 9.97 Å². The Morgan fingerprint density at radius 3 is 2.33 bits per heavy atom. The van der Waals surface area contributed by atoms with E-state index in [9.17, 15) is 26.3 Å². The van der Waals surface area contributed by atoms with E-state index in [1.165, 1.54) is 18.5 Å². The van der Waals surface area contributed by atoms with Crippen molar-refractivity contribution in [3.8, 4) is 11.3 Å². The summed E-state index contributed by atoms with van der Waals surface area (Å²) in [5, 5.41) is 0. The molecule has 0 bridgehead atoms. The normalized spacial score (nSPS) is 13.9. The number of halogens is 6. The molecule has 3 aromatic heterocycles. The van der Waals surface area contributed by atoms with Crippen LogP contribution in [0.4, 0.5) is 32.2 Å². The Labute approximate surface area is 148 Å². The van der Waals surface area contributed by atoms with Gasteiger partial charge in [0.15, 0.2) is 17.2 Å². The summed E-state index contributed by atoms with van der Waals surface area (Å²) in [4.78, 5) is 11.0. The predicted molar refractivity (Wildman–Crippen MR) is 84.8 cm³/mol. The second-order valence-corrected chi connectivity index (χ2v) is 6.03. The molecule has 0 aromatic carbocycles. The molecule has 3 rings (SSSR count). The van der Waals surface area contributed by atoms with E-state index >= 15 is 0 Å². The maximum absolute atomic E-state index is 13.0. The maximum Gasteiger partial charge on any atom is 0.434 e. The largest absolute Gasteiger partial charge is 0.434 e. The quantitative estimate of drug-likeness (QED) is 0.661. The van der Waals surface area contributed by atoms with Crippen molar-refractivity contribution in [1.82, 2.24) is 19.4 Å². The van der Waals surface area contributed by atoms with Gasteiger partial charge < -0.3 is 5.73 Å². The molecule has 0 radical (unpaired) electrons. The first-order valence-corrected chi connectivity index (χ1v) is 7.64. The molecule has 0 saturated carbocycles. The number of aryl methyl sites for hydroxylation is 1. The van der Waals surface area contributed by atoms with Gasteiger partial charge in [-0.2, -0.15) is 26.3 Å². The molecule has 0 amide bonds. The number of aromatic nitrogens is 4. The molecule has 0 spiro atoms. The third-order valence-corrected chi connectivity index (χ3v) is 4.14. The SMILES string of the molecule is Cc1cnc(C(C)C(F)(F)F)cc1-c1cnc2c(N)nc(C(F)(F)F)cn12. The number of anilines is 1. The summed E-state index contributed by atoms with van der Waals surface area (Å²) in [6, 6.07) is 1.20. The highest BCUT2D eigenvalue weighted by atomic mass is 19.4. The van der Waals surface area contributed by atoms with Crippen LogP contribution in [0.2, 0.25) is 0 Å². The Morgan fingerprint density at radius 2 is 1.74 bits per heavy atom. The lowest BCUT2D eigenvalue weighted by atomic mass is 10.0. The molecule has 3 aromatic rings. The zero-order valence-electron chi connectivity index (χ0n) is 14.0. The molecule has 0 saturated heterocycles. The van der Waals surface area contributed by atoms with Gasteiger partial charge in [-0.1, -0.05) is 0 Å². The Morgan fingerprint density at radius 1 is 1.07 bits per heavy atom. The lowest BCUT2D eigenvalue weighted by Gasteiger charge is -2.17. The summed E-state index contributed by atoms with van der Waals surface area (Å²) in [5.74, 6) is -2.28. The first-order chi connectivity index (χ1) is 12.4. The fourth-order valence-electron chi connectivity index (χ4n) is 2.57. The fraction of sp³-hybridized carbons (Fsp3) is 0.312. The van der Waals surface area contributed by atoms with Crippen LogP contribution in [0, 0.1) is 6.92 Å². The lowest BCUT2D eigenvalue weighted by Crippen LogP contribution is -2.19. The molecule has 0 aliphatic rings. The molecule has 5 nitrogen and oxygen atoms in total. The van der Waals surface area contributed by atoms with Crippen LogP contribution in [0.15, 0.2) is 24.7 Å². The van der Waals surface area contributed by atoms with Crippen molar-refractivity contribution < 1.29 is 26.3 Å². The zero-order chi connectivity index (χ0) is 20.1. The Kier molecular flexibility index (Phi) is 4.28. The van der Waals surface area contributed by atoms with Crippen molar-refractivity contribution in [2.75, 3.05) is 5.73 Å². The second-order valence-electron chi connectivity index (χ2n) is 6.03. The van der Waals surface area contributed by atoms with Crippen LogP contribution < -0.4 is 5.73 Å². The third-order valence-electron chi connectivity index (χ3n) is 4.14. The topological polar surface area (TPSA) is 69.1 Å². The van der Waals surface area contributed by atoms with E-state index in [0.29, 0.717) is 11.8 Å². The van der Waals surface area contributed by atoms with E-state index in [-0.39, 0.29) is 22.6 Å². The highest BCUT2D eigenvalue weighted by molar-refractivity contribution is 5.71. The van der Waals surface area contributed by atoms with Crippen molar-refractivity contribution in [2.24, 2.45) is 0 Å². The average molecular weight is 389 g/mol. The number of rotatable bonds is 2. The Bertz CT molecular complexity index is 1000. The van der Waals surface area contributed by atoms with Crippen LogP contribution >= 0.6 is 0 Å². The van der Waals surface area contributed by atoms with Gasteiger partial charge in [0, 0.05) is 18.0 Å². The highest BCUT2D eigenvalue weighted by Crippen LogP contribution is 2.36. The number of alkyl halides is 6. The molecule has 144 valence electrons. The maximum atomic E-state index is 13.0. The van der Waals surface area contributed by atoms with Crippen LogP contribution in [0.1, 0.15) is 29.8 Å². The minimum Gasteiger partial charge on any atom is -0.381 e. The molecular weight excluding hydrogens is 376 g/mol. The van der Waals surface area contributed by atoms with E-state index in [4.69, 9.17) is 5.73 Å².